The third kappa shape index (κ3) is 4.29. The van der Waals surface area contributed by atoms with Crippen LogP contribution in [-0.4, -0.2) is 61.1 Å². The van der Waals surface area contributed by atoms with Gasteiger partial charge in [-0.1, -0.05) is 17.7 Å². The molecule has 9 heteroatoms. The lowest BCUT2D eigenvalue weighted by Crippen LogP contribution is -2.51. The van der Waals surface area contributed by atoms with Gasteiger partial charge in [-0.15, -0.1) is 0 Å². The summed E-state index contributed by atoms with van der Waals surface area (Å²) < 4.78 is 31.9. The zero-order valence-electron chi connectivity index (χ0n) is 16.7. The van der Waals surface area contributed by atoms with E-state index >= 15 is 0 Å². The number of likely N-dealkylation sites (tertiary alicyclic amines) is 1. The highest BCUT2D eigenvalue weighted by Crippen LogP contribution is 2.30. The fourth-order valence-corrected chi connectivity index (χ4v) is 5.41. The Morgan fingerprint density at radius 1 is 1.10 bits per heavy atom. The third-order valence-corrected chi connectivity index (χ3v) is 7.29. The normalized spacial score (nSPS) is 20.8. The van der Waals surface area contributed by atoms with Crippen LogP contribution < -0.4 is 0 Å². The quantitative estimate of drug-likeness (QED) is 0.666. The molecule has 2 amide bonds. The van der Waals surface area contributed by atoms with E-state index in [1.54, 1.807) is 24.0 Å². The highest BCUT2D eigenvalue weighted by Gasteiger charge is 2.46. The number of amides is 2. The van der Waals surface area contributed by atoms with Gasteiger partial charge in [0.25, 0.3) is 10.0 Å². The Hall–Kier alpha value is -2.42. The Labute approximate surface area is 170 Å². The Kier molecular flexibility index (Phi) is 6.26. The molecule has 2 saturated heterocycles. The minimum absolute atomic E-state index is 0.00262. The predicted molar refractivity (Wildman–Crippen MR) is 104 cm³/mol. The Morgan fingerprint density at radius 2 is 1.72 bits per heavy atom. The SMILES string of the molecule is CCOC(=O)C1CCN(C(=O)C2CCC(=O)N2S(=O)(=O)c2ccc(C)cc2)CC1. The summed E-state index contributed by atoms with van der Waals surface area (Å²) in [6, 6.07) is 5.17. The molecule has 2 heterocycles. The highest BCUT2D eigenvalue weighted by molar-refractivity contribution is 7.89. The monoisotopic (exact) mass is 422 g/mol. The molecular weight excluding hydrogens is 396 g/mol. The van der Waals surface area contributed by atoms with Crippen molar-refractivity contribution in [3.8, 4) is 0 Å². The van der Waals surface area contributed by atoms with Gasteiger partial charge in [-0.3, -0.25) is 14.4 Å². The molecule has 1 atom stereocenters. The van der Waals surface area contributed by atoms with E-state index in [1.165, 1.54) is 12.1 Å². The maximum absolute atomic E-state index is 13.0. The van der Waals surface area contributed by atoms with Crippen LogP contribution in [0.4, 0.5) is 0 Å². The van der Waals surface area contributed by atoms with Crippen molar-refractivity contribution >= 4 is 27.8 Å². The van der Waals surface area contributed by atoms with Gasteiger partial charge in [0, 0.05) is 19.5 Å². The van der Waals surface area contributed by atoms with Gasteiger partial charge >= 0.3 is 5.97 Å². The third-order valence-electron chi connectivity index (χ3n) is 5.45. The summed E-state index contributed by atoms with van der Waals surface area (Å²) in [7, 11) is -4.11. The number of hydrogen-bond acceptors (Lipinski definition) is 6. The van der Waals surface area contributed by atoms with E-state index in [2.05, 4.69) is 0 Å². The molecule has 0 spiro atoms. The first-order valence-corrected chi connectivity index (χ1v) is 11.3. The van der Waals surface area contributed by atoms with E-state index in [9.17, 15) is 22.8 Å². The van der Waals surface area contributed by atoms with Gasteiger partial charge in [-0.2, -0.15) is 0 Å². The fourth-order valence-electron chi connectivity index (χ4n) is 3.82. The van der Waals surface area contributed by atoms with E-state index in [4.69, 9.17) is 4.74 Å². The second-order valence-corrected chi connectivity index (χ2v) is 9.23. The van der Waals surface area contributed by atoms with Gasteiger partial charge in [0.1, 0.15) is 6.04 Å². The van der Waals surface area contributed by atoms with Crippen LogP contribution >= 0.6 is 0 Å². The lowest BCUT2D eigenvalue weighted by molar-refractivity contribution is -0.151. The second kappa shape index (κ2) is 8.52. The molecule has 2 aliphatic heterocycles. The van der Waals surface area contributed by atoms with Gasteiger partial charge < -0.3 is 9.64 Å². The molecule has 1 aromatic rings. The van der Waals surface area contributed by atoms with Crippen LogP contribution in [-0.2, 0) is 29.1 Å². The van der Waals surface area contributed by atoms with E-state index in [-0.39, 0.29) is 35.5 Å². The number of piperidine rings is 1. The van der Waals surface area contributed by atoms with Gasteiger partial charge in [0.05, 0.1) is 17.4 Å². The first-order valence-electron chi connectivity index (χ1n) is 9.85. The average Bonchev–Trinajstić information content (AvgIpc) is 3.10. The summed E-state index contributed by atoms with van der Waals surface area (Å²) in [4.78, 5) is 38.9. The molecule has 1 aromatic carbocycles. The predicted octanol–water partition coefficient (Wildman–Crippen LogP) is 1.48. The van der Waals surface area contributed by atoms with E-state index in [0.717, 1.165) is 9.87 Å². The lowest BCUT2D eigenvalue weighted by atomic mass is 9.96. The number of sulfonamides is 1. The smallest absolute Gasteiger partial charge is 0.309 e. The standard InChI is InChI=1S/C20H26N2O6S/c1-3-28-20(25)15-10-12-21(13-11-15)19(24)17-8-9-18(23)22(17)29(26,27)16-6-4-14(2)5-7-16/h4-7,15,17H,3,8-13H2,1-2H3. The summed E-state index contributed by atoms with van der Waals surface area (Å²) >= 11 is 0. The minimum Gasteiger partial charge on any atom is -0.466 e. The van der Waals surface area contributed by atoms with Crippen LogP contribution in [0.2, 0.25) is 0 Å². The van der Waals surface area contributed by atoms with Gasteiger partial charge in [-0.05, 0) is 45.2 Å². The molecule has 0 saturated carbocycles. The van der Waals surface area contributed by atoms with Crippen molar-refractivity contribution < 1.29 is 27.5 Å². The number of hydrogen-bond donors (Lipinski definition) is 0. The molecule has 0 aliphatic carbocycles. The molecule has 158 valence electrons. The number of nitrogens with zero attached hydrogens (tertiary/aromatic N) is 2. The maximum atomic E-state index is 13.0. The molecule has 0 N–H and O–H groups in total. The lowest BCUT2D eigenvalue weighted by Gasteiger charge is -2.34. The number of rotatable bonds is 5. The summed E-state index contributed by atoms with van der Waals surface area (Å²) in [5.41, 5.74) is 0.897. The van der Waals surface area contributed by atoms with Gasteiger partial charge in [0.15, 0.2) is 0 Å². The molecule has 0 radical (unpaired) electrons. The summed E-state index contributed by atoms with van der Waals surface area (Å²) in [6.45, 7) is 4.57. The zero-order chi connectivity index (χ0) is 21.2. The second-order valence-electron chi connectivity index (χ2n) is 7.41. The molecule has 0 aromatic heterocycles. The van der Waals surface area contributed by atoms with Gasteiger partial charge in [0.2, 0.25) is 11.8 Å². The number of carbonyl (C=O) groups excluding carboxylic acids is 3. The number of benzene rings is 1. The van der Waals surface area contributed by atoms with Crippen molar-refractivity contribution in [1.29, 1.82) is 0 Å². The van der Waals surface area contributed by atoms with Crippen molar-refractivity contribution in [3.05, 3.63) is 29.8 Å². The highest BCUT2D eigenvalue weighted by atomic mass is 32.2. The summed E-state index contributed by atoms with van der Waals surface area (Å²) in [5, 5.41) is 0. The molecule has 8 nitrogen and oxygen atoms in total. The van der Waals surface area contributed by atoms with Crippen molar-refractivity contribution in [1.82, 2.24) is 9.21 Å². The Morgan fingerprint density at radius 3 is 2.31 bits per heavy atom. The molecule has 3 rings (SSSR count). The Balaban J connectivity index is 1.74. The van der Waals surface area contributed by atoms with Crippen LogP contribution in [0.3, 0.4) is 0 Å². The molecule has 2 aliphatic rings. The first-order chi connectivity index (χ1) is 13.8. The first kappa shape index (κ1) is 21.3. The number of ether oxygens (including phenoxy) is 1. The topological polar surface area (TPSA) is 101 Å². The zero-order valence-corrected chi connectivity index (χ0v) is 17.5. The largest absolute Gasteiger partial charge is 0.466 e. The maximum Gasteiger partial charge on any atom is 0.309 e. The number of esters is 1. The molecular formula is C20H26N2O6S. The van der Waals surface area contributed by atoms with E-state index < -0.39 is 22.0 Å². The van der Waals surface area contributed by atoms with Crippen LogP contribution in [0, 0.1) is 12.8 Å². The van der Waals surface area contributed by atoms with E-state index in [1.807, 2.05) is 6.92 Å². The summed E-state index contributed by atoms with van der Waals surface area (Å²) in [5.74, 6) is -1.46. The van der Waals surface area contributed by atoms with Crippen LogP contribution in [0.5, 0.6) is 0 Å². The molecule has 29 heavy (non-hydrogen) atoms. The average molecular weight is 423 g/mol. The Bertz CT molecular complexity index is 888. The van der Waals surface area contributed by atoms with Crippen molar-refractivity contribution in [2.75, 3.05) is 19.7 Å². The minimum atomic E-state index is -4.11. The summed E-state index contributed by atoms with van der Waals surface area (Å²) in [6.07, 6.45) is 1.12. The fraction of sp³-hybridized carbons (Fsp3) is 0.550. The van der Waals surface area contributed by atoms with Crippen LogP contribution in [0.25, 0.3) is 0 Å². The van der Waals surface area contributed by atoms with Crippen molar-refractivity contribution in [3.63, 3.8) is 0 Å². The molecule has 0 bridgehead atoms. The molecule has 1 unspecified atom stereocenters. The van der Waals surface area contributed by atoms with Crippen LogP contribution in [0.15, 0.2) is 29.2 Å². The van der Waals surface area contributed by atoms with Crippen molar-refractivity contribution in [2.24, 2.45) is 5.92 Å². The number of carbonyl (C=O) groups is 3. The van der Waals surface area contributed by atoms with Crippen LogP contribution in [0.1, 0.15) is 38.2 Å². The number of aryl methyl sites for hydroxylation is 1. The van der Waals surface area contributed by atoms with Gasteiger partial charge in [-0.25, -0.2) is 12.7 Å². The van der Waals surface area contributed by atoms with E-state index in [0.29, 0.717) is 32.5 Å². The molecule has 2 fully saturated rings. The van der Waals surface area contributed by atoms with Crippen molar-refractivity contribution in [2.45, 2.75) is 50.5 Å².